The minimum atomic E-state index is -0.190. The van der Waals surface area contributed by atoms with Crippen LogP contribution in [0, 0.1) is 11.8 Å². The van der Waals surface area contributed by atoms with Gasteiger partial charge in [-0.3, -0.25) is 9.69 Å². The molecule has 1 aromatic carbocycles. The third-order valence-corrected chi connectivity index (χ3v) is 11.8. The van der Waals surface area contributed by atoms with Gasteiger partial charge in [0.05, 0.1) is 13.2 Å². The van der Waals surface area contributed by atoms with Crippen LogP contribution in [0.25, 0.3) is 0 Å². The number of phenolic OH excluding ortho intramolecular Hbond substituents is 1. The van der Waals surface area contributed by atoms with Crippen molar-refractivity contribution in [3.8, 4) is 17.2 Å². The first-order valence-corrected chi connectivity index (χ1v) is 17.3. The van der Waals surface area contributed by atoms with E-state index in [1.54, 1.807) is 13.2 Å². The first-order valence-electron chi connectivity index (χ1n) is 17.3. The van der Waals surface area contributed by atoms with E-state index >= 15 is 0 Å². The molecule has 6 heteroatoms. The van der Waals surface area contributed by atoms with Crippen LogP contribution in [-0.4, -0.2) is 65.7 Å². The zero-order valence-electron chi connectivity index (χ0n) is 26.2. The number of likely N-dealkylation sites (tertiary alicyclic amines) is 1. The van der Waals surface area contributed by atoms with Gasteiger partial charge >= 0.3 is 0 Å². The van der Waals surface area contributed by atoms with Crippen LogP contribution < -0.4 is 9.47 Å². The second-order valence-electron chi connectivity index (χ2n) is 14.0. The van der Waals surface area contributed by atoms with Gasteiger partial charge in [-0.15, -0.1) is 6.58 Å². The van der Waals surface area contributed by atoms with E-state index in [0.717, 1.165) is 88.2 Å². The molecule has 2 saturated carbocycles. The zero-order chi connectivity index (χ0) is 29.3. The van der Waals surface area contributed by atoms with E-state index in [0.29, 0.717) is 35.8 Å². The fraction of sp³-hybridized carbons (Fsp3) is 0.750. The van der Waals surface area contributed by atoms with Gasteiger partial charge in [0.2, 0.25) is 5.91 Å². The van der Waals surface area contributed by atoms with Crippen LogP contribution in [0.5, 0.6) is 17.2 Å². The van der Waals surface area contributed by atoms with Gasteiger partial charge < -0.3 is 19.5 Å². The first kappa shape index (κ1) is 29.8. The molecule has 0 unspecified atom stereocenters. The maximum Gasteiger partial charge on any atom is 0.222 e. The summed E-state index contributed by atoms with van der Waals surface area (Å²) < 4.78 is 12.8. The third-order valence-electron chi connectivity index (χ3n) is 11.8. The van der Waals surface area contributed by atoms with Crippen molar-refractivity contribution in [3.63, 3.8) is 0 Å². The number of unbranched alkanes of at least 4 members (excludes halogenated alkanes) is 3. The Hall–Kier alpha value is -2.21. The highest BCUT2D eigenvalue weighted by Crippen LogP contribution is 2.65. The Morgan fingerprint density at radius 2 is 2.02 bits per heavy atom. The molecule has 1 saturated heterocycles. The quantitative estimate of drug-likeness (QED) is 0.199. The fourth-order valence-electron chi connectivity index (χ4n) is 9.85. The molecule has 1 aromatic rings. The smallest absolute Gasteiger partial charge is 0.222 e. The van der Waals surface area contributed by atoms with Crippen LogP contribution >= 0.6 is 0 Å². The number of hydrogen-bond acceptors (Lipinski definition) is 5. The maximum atomic E-state index is 14.1. The van der Waals surface area contributed by atoms with E-state index in [2.05, 4.69) is 23.3 Å². The lowest BCUT2D eigenvalue weighted by Gasteiger charge is -2.60. The summed E-state index contributed by atoms with van der Waals surface area (Å²) in [4.78, 5) is 18.9. The summed E-state index contributed by atoms with van der Waals surface area (Å²) in [5, 5.41) is 11.3. The van der Waals surface area contributed by atoms with Crippen molar-refractivity contribution in [1.29, 1.82) is 0 Å². The van der Waals surface area contributed by atoms with Crippen LogP contribution in [0.3, 0.4) is 0 Å². The number of hydrogen-bond donors (Lipinski definition) is 1. The predicted octanol–water partition coefficient (Wildman–Crippen LogP) is 7.15. The number of methoxy groups -OCH3 is 1. The lowest BCUT2D eigenvalue weighted by molar-refractivity contribution is -0.142. The van der Waals surface area contributed by atoms with Crippen molar-refractivity contribution in [2.75, 3.05) is 26.7 Å². The topological polar surface area (TPSA) is 62.2 Å². The standard InChI is InChI=1S/C36H54N2O4/c1-4-6-12-21-38(32(40)16-11-10-15-25-13-8-7-9-14-25)28-18-17-27-29-23-26-30(39)24-31(41-3)34-33(26)36(27,35(28)42-34)19-22-37(29)20-5-2/h5,24-25,27-29,35,39H,2,4,6-23H2,1,3H3/t27-,28+,29+,35-,36-/m0/s1. The van der Waals surface area contributed by atoms with Gasteiger partial charge in [-0.2, -0.15) is 0 Å². The Bertz CT molecular complexity index is 1130. The fourth-order valence-corrected chi connectivity index (χ4v) is 9.85. The molecule has 1 amide bonds. The molecule has 5 aliphatic rings. The number of carbonyl (C=O) groups is 1. The van der Waals surface area contributed by atoms with Crippen LogP contribution in [0.1, 0.15) is 114 Å². The van der Waals surface area contributed by atoms with Crippen molar-refractivity contribution < 1.29 is 19.4 Å². The van der Waals surface area contributed by atoms with Gasteiger partial charge in [0.1, 0.15) is 11.9 Å². The van der Waals surface area contributed by atoms with Gasteiger partial charge in [-0.05, 0) is 56.9 Å². The van der Waals surface area contributed by atoms with Gasteiger partial charge in [-0.1, -0.05) is 70.8 Å². The summed E-state index contributed by atoms with van der Waals surface area (Å²) in [7, 11) is 1.67. The summed E-state index contributed by atoms with van der Waals surface area (Å²) >= 11 is 0. The third kappa shape index (κ3) is 5.14. The second-order valence-corrected chi connectivity index (χ2v) is 14.0. The van der Waals surface area contributed by atoms with Crippen molar-refractivity contribution in [3.05, 3.63) is 29.8 Å². The van der Waals surface area contributed by atoms with Gasteiger partial charge in [0.15, 0.2) is 11.5 Å². The molecule has 2 heterocycles. The van der Waals surface area contributed by atoms with Crippen molar-refractivity contribution in [1.82, 2.24) is 9.80 Å². The molecule has 3 fully saturated rings. The number of rotatable bonds is 13. The lowest BCUT2D eigenvalue weighted by atomic mass is 9.50. The zero-order valence-corrected chi connectivity index (χ0v) is 26.2. The molecule has 5 atom stereocenters. The number of nitrogens with zero attached hydrogens (tertiary/aromatic N) is 2. The summed E-state index contributed by atoms with van der Waals surface area (Å²) in [6.07, 6.45) is 20.2. The molecule has 42 heavy (non-hydrogen) atoms. The number of piperidine rings is 1. The van der Waals surface area contributed by atoms with Gasteiger partial charge in [0.25, 0.3) is 0 Å². The average Bonchev–Trinajstić information content (AvgIpc) is 3.35. The van der Waals surface area contributed by atoms with Crippen LogP contribution in [-0.2, 0) is 16.6 Å². The highest BCUT2D eigenvalue weighted by molar-refractivity contribution is 5.77. The highest BCUT2D eigenvalue weighted by Gasteiger charge is 2.67. The minimum Gasteiger partial charge on any atom is -0.508 e. The minimum absolute atomic E-state index is 0.0563. The normalized spacial score (nSPS) is 30.0. The van der Waals surface area contributed by atoms with Crippen LogP contribution in [0.4, 0.5) is 0 Å². The van der Waals surface area contributed by atoms with E-state index in [1.165, 1.54) is 50.5 Å². The molecule has 2 bridgehead atoms. The molecule has 6 nitrogen and oxygen atoms in total. The summed E-state index contributed by atoms with van der Waals surface area (Å²) in [6.45, 7) is 8.95. The largest absolute Gasteiger partial charge is 0.508 e. The maximum absolute atomic E-state index is 14.1. The van der Waals surface area contributed by atoms with E-state index in [9.17, 15) is 9.90 Å². The number of amides is 1. The number of aromatic hydroxyl groups is 1. The molecule has 0 aromatic heterocycles. The molecule has 3 aliphatic carbocycles. The summed E-state index contributed by atoms with van der Waals surface area (Å²) in [5.74, 6) is 3.42. The summed E-state index contributed by atoms with van der Waals surface area (Å²) in [5.41, 5.74) is 2.04. The van der Waals surface area contributed by atoms with E-state index in [1.807, 2.05) is 6.08 Å². The number of ether oxygens (including phenoxy) is 2. The Morgan fingerprint density at radius 1 is 1.19 bits per heavy atom. The van der Waals surface area contributed by atoms with Crippen LogP contribution in [0.2, 0.25) is 0 Å². The van der Waals surface area contributed by atoms with E-state index < -0.39 is 0 Å². The molecule has 1 spiro atoms. The SMILES string of the molecule is C=CCN1CC[C@]23c4c5c(O)cc(OC)c4O[C@H]2[C@H](N(CCCCC)C(=O)CCCCC2CCCCC2)CC[C@H]3[C@H]1C5. The van der Waals surface area contributed by atoms with E-state index in [-0.39, 0.29) is 17.6 Å². The van der Waals surface area contributed by atoms with Crippen LogP contribution in [0.15, 0.2) is 18.7 Å². The predicted molar refractivity (Wildman–Crippen MR) is 167 cm³/mol. The molecule has 0 radical (unpaired) electrons. The monoisotopic (exact) mass is 578 g/mol. The average molecular weight is 579 g/mol. The number of benzene rings is 1. The molecule has 1 N–H and O–H groups in total. The number of carbonyl (C=O) groups excluding carboxylic acids is 1. The number of phenols is 1. The van der Waals surface area contributed by atoms with E-state index in [4.69, 9.17) is 9.47 Å². The lowest BCUT2D eigenvalue weighted by Crippen LogP contribution is -2.69. The van der Waals surface area contributed by atoms with Crippen molar-refractivity contribution in [2.24, 2.45) is 11.8 Å². The summed E-state index contributed by atoms with van der Waals surface area (Å²) in [6, 6.07) is 2.16. The Balaban J connectivity index is 1.28. The Labute approximate surface area is 253 Å². The van der Waals surface area contributed by atoms with Crippen molar-refractivity contribution >= 4 is 5.91 Å². The van der Waals surface area contributed by atoms with Gasteiger partial charge in [-0.25, -0.2) is 0 Å². The molecule has 232 valence electrons. The molecule has 6 rings (SSSR count). The molecule has 2 aliphatic heterocycles. The Kier molecular flexibility index (Phi) is 9.09. The molecular formula is C36H54N2O4. The van der Waals surface area contributed by atoms with Gasteiger partial charge in [0, 0.05) is 48.2 Å². The van der Waals surface area contributed by atoms with Crippen molar-refractivity contribution in [2.45, 2.75) is 133 Å². The second kappa shape index (κ2) is 12.8. The molecular weight excluding hydrogens is 524 g/mol. The Morgan fingerprint density at radius 3 is 2.79 bits per heavy atom. The first-order chi connectivity index (χ1) is 20.5. The highest BCUT2D eigenvalue weighted by atomic mass is 16.5.